The van der Waals surface area contributed by atoms with Crippen molar-refractivity contribution in [3.05, 3.63) is 148 Å². The number of ether oxygens (including phenoxy) is 2. The first-order chi connectivity index (χ1) is 37.9. The number of aromatic nitrogens is 2. The fourth-order valence-electron chi connectivity index (χ4n) is 8.90. The molecule has 1 saturated heterocycles. The number of carboxylic acids is 3. The smallest absolute Gasteiger partial charge is 0.341 e. The number of nitrogens with zero attached hydrogens (tertiary/aromatic N) is 5. The van der Waals surface area contributed by atoms with Crippen LogP contribution >= 0.6 is 0 Å². The van der Waals surface area contributed by atoms with Crippen molar-refractivity contribution < 1.29 is 84.9 Å². The van der Waals surface area contributed by atoms with Gasteiger partial charge in [0, 0.05) is 50.4 Å². The number of benzene rings is 4. The fourth-order valence-corrected chi connectivity index (χ4v) is 8.90. The number of carbonyl (C=O) groups is 4. The lowest BCUT2D eigenvalue weighted by atomic mass is 9.97. The van der Waals surface area contributed by atoms with Crippen LogP contribution in [0.25, 0.3) is 27.6 Å². The molecule has 18 nitrogen and oxygen atoms in total. The molecule has 0 unspecified atom stereocenters. The molecule has 432 valence electrons. The number of Topliss-reactive ketones (excluding diaryl/α,β-unsaturated/α-hetero) is 1. The number of anilines is 1. The van der Waals surface area contributed by atoms with Gasteiger partial charge >= 0.3 is 17.9 Å². The van der Waals surface area contributed by atoms with Gasteiger partial charge in [-0.2, -0.15) is 4.39 Å². The average molecular weight is 1140 g/mol. The second kappa shape index (κ2) is 24.8. The number of rotatable bonds is 9. The third-order valence-corrected chi connectivity index (χ3v) is 13.9. The van der Waals surface area contributed by atoms with Crippen LogP contribution in [-0.2, 0) is 4.79 Å². The van der Waals surface area contributed by atoms with Crippen LogP contribution in [0.4, 0.5) is 36.4 Å². The Balaban J connectivity index is 0.000000178. The molecule has 3 aliphatic heterocycles. The minimum Gasteiger partial charge on any atom is -0.506 e. The number of aliphatic hydroxyl groups is 2. The van der Waals surface area contributed by atoms with Gasteiger partial charge in [0.25, 0.3) is 0 Å². The predicted octanol–water partition coefficient (Wildman–Crippen LogP) is 8.65. The molecule has 0 aliphatic carbocycles. The Hall–Kier alpha value is -8.58. The molecular weight excluding hydrogens is 1080 g/mol. The zero-order valence-corrected chi connectivity index (χ0v) is 45.1. The number of hydrogen-bond donors (Lipinski definition) is 5. The largest absolute Gasteiger partial charge is 0.506 e. The van der Waals surface area contributed by atoms with Crippen LogP contribution in [0.15, 0.2) is 56.8 Å². The molecule has 5 N–H and O–H groups in total. The second-order valence-corrected chi connectivity index (χ2v) is 19.5. The van der Waals surface area contributed by atoms with Crippen molar-refractivity contribution in [2.75, 3.05) is 57.9 Å². The molecule has 5 heterocycles. The zero-order chi connectivity index (χ0) is 60.4. The monoisotopic (exact) mass is 1140 g/mol. The lowest BCUT2D eigenvalue weighted by Gasteiger charge is -2.37. The van der Waals surface area contributed by atoms with Gasteiger partial charge in [0.05, 0.1) is 57.7 Å². The van der Waals surface area contributed by atoms with Gasteiger partial charge in [-0.05, 0) is 109 Å². The van der Waals surface area contributed by atoms with E-state index in [1.165, 1.54) is 45.4 Å². The summed E-state index contributed by atoms with van der Waals surface area (Å²) in [7, 11) is 2.02. The standard InChI is InChI=1S/C18H20FN3O4.C16H19F2NO3.C13H9F2NO4.C9H8F2O2/c1-10-9-26-17-14-11(16(23)12(18(24)25)8-22(10)14)7-13(19)15(17)21-5-3-20(2)4-6-21;1-8(7-20)19-6-13(11(4)21)16(22)12-5-14(17)15(18)10(3)9(12)2;1-5-4-20-12-9(15)8(14)2-6-10(12)16(5)3-7(11(6)17)13(18)19;1-4-5(2)8(11)7(10)3-6(4)9(12)13/h7-8,10H,3-6,9H2,1-2H3,(H,24,25);5-6,8,20,22H,7H2,1-4H3;2-3,5H,4H2,1H3,(H,18,19);3H,1-2H3,(H,12,13)/t10-;8-;5-;/m000./s1. The van der Waals surface area contributed by atoms with E-state index < -0.39 is 92.6 Å². The molecule has 2 aromatic heterocycles. The maximum Gasteiger partial charge on any atom is 0.341 e. The predicted molar refractivity (Wildman–Crippen MR) is 284 cm³/mol. The summed E-state index contributed by atoms with van der Waals surface area (Å²) in [6, 6.07) is 2.50. The summed E-state index contributed by atoms with van der Waals surface area (Å²) >= 11 is 0. The summed E-state index contributed by atoms with van der Waals surface area (Å²) in [4.78, 5) is 77.4. The SMILES string of the molecule is CC(=O)C(C=N[C@@H](C)CO)=C(O)c1cc(F)c(F)c(C)c1C.C[C@H]1COc2c(F)c(F)cc3c(=O)c(C(=O)O)cn1c23.C[C@H]1COc2c(N3CCN(C)CC3)c(F)cc3c(=O)c(C(=O)O)cn1c23.Cc1c(C(=O)O)cc(F)c(F)c1C. The Kier molecular flexibility index (Phi) is 18.9. The van der Waals surface area contributed by atoms with Crippen LogP contribution in [0, 0.1) is 68.4 Å². The number of aliphatic imine (C=N–C) groups is 1. The number of carboxylic acid groups (broad SMARTS) is 3. The minimum atomic E-state index is -1.41. The molecule has 4 aromatic carbocycles. The van der Waals surface area contributed by atoms with Gasteiger partial charge in [0.2, 0.25) is 16.7 Å². The summed E-state index contributed by atoms with van der Waals surface area (Å²) in [6.07, 6.45) is 3.62. The molecule has 0 radical (unpaired) electrons. The van der Waals surface area contributed by atoms with Gasteiger partial charge in [0.15, 0.2) is 52.2 Å². The van der Waals surface area contributed by atoms with Gasteiger partial charge in [-0.25, -0.2) is 40.7 Å². The summed E-state index contributed by atoms with van der Waals surface area (Å²) in [5, 5.41) is 46.0. The summed E-state index contributed by atoms with van der Waals surface area (Å²) in [5.74, 6) is -12.1. The third-order valence-electron chi connectivity index (χ3n) is 13.9. The van der Waals surface area contributed by atoms with Crippen LogP contribution < -0.4 is 25.2 Å². The lowest BCUT2D eigenvalue weighted by molar-refractivity contribution is -0.113. The number of piperazine rings is 1. The van der Waals surface area contributed by atoms with Crippen molar-refractivity contribution in [1.82, 2.24) is 14.0 Å². The van der Waals surface area contributed by atoms with Gasteiger partial charge in [0.1, 0.15) is 35.8 Å². The van der Waals surface area contributed by atoms with Crippen molar-refractivity contribution in [3.8, 4) is 11.5 Å². The zero-order valence-electron chi connectivity index (χ0n) is 45.1. The first-order valence-corrected chi connectivity index (χ1v) is 24.8. The van der Waals surface area contributed by atoms with E-state index in [-0.39, 0.29) is 92.9 Å². The molecule has 0 saturated carbocycles. The Morgan fingerprint density at radius 3 is 1.51 bits per heavy atom. The molecule has 3 aliphatic rings. The van der Waals surface area contributed by atoms with E-state index in [1.54, 1.807) is 18.4 Å². The van der Waals surface area contributed by atoms with E-state index in [0.717, 1.165) is 37.6 Å². The first-order valence-electron chi connectivity index (χ1n) is 24.8. The van der Waals surface area contributed by atoms with Gasteiger partial charge in [-0.3, -0.25) is 19.4 Å². The number of halogens is 7. The van der Waals surface area contributed by atoms with E-state index in [1.807, 2.05) is 18.9 Å². The van der Waals surface area contributed by atoms with Crippen molar-refractivity contribution >= 4 is 63.2 Å². The van der Waals surface area contributed by atoms with Crippen LogP contribution in [-0.4, -0.2) is 129 Å². The van der Waals surface area contributed by atoms with Gasteiger partial charge < -0.3 is 53.9 Å². The van der Waals surface area contributed by atoms with Crippen LogP contribution in [0.3, 0.4) is 0 Å². The molecular formula is C56H56F7N5O13. The fraction of sp³-hybridized carbons (Fsp3) is 0.339. The molecule has 1 fully saturated rings. The Labute approximate surface area is 456 Å². The number of carbonyl (C=O) groups excluding carboxylic acids is 1. The lowest BCUT2D eigenvalue weighted by Crippen LogP contribution is -2.45. The molecule has 81 heavy (non-hydrogen) atoms. The number of hydrogen-bond acceptors (Lipinski definition) is 13. The number of allylic oxidation sites excluding steroid dienone is 1. The molecule has 25 heteroatoms. The topological polar surface area (TPSA) is 251 Å². The van der Waals surface area contributed by atoms with Gasteiger partial charge in [-0.15, -0.1) is 0 Å². The highest BCUT2D eigenvalue weighted by molar-refractivity contribution is 6.17. The average Bonchev–Trinajstić information content (AvgIpc) is 3.59. The quantitative estimate of drug-likeness (QED) is 0.0393. The number of aromatic carboxylic acids is 3. The highest BCUT2D eigenvalue weighted by Crippen LogP contribution is 2.42. The maximum absolute atomic E-state index is 15.0. The molecule has 6 aromatic rings. The summed E-state index contributed by atoms with van der Waals surface area (Å²) in [5.41, 5.74) is -1.09. The van der Waals surface area contributed by atoms with E-state index in [4.69, 9.17) is 24.8 Å². The molecule has 0 bridgehead atoms. The Morgan fingerprint density at radius 2 is 1.05 bits per heavy atom. The van der Waals surface area contributed by atoms with Crippen molar-refractivity contribution in [1.29, 1.82) is 0 Å². The third kappa shape index (κ3) is 12.4. The second-order valence-electron chi connectivity index (χ2n) is 19.5. The number of aliphatic hydroxyl groups excluding tert-OH is 2. The Morgan fingerprint density at radius 1 is 0.630 bits per heavy atom. The normalized spacial score (nSPS) is 16.2. The minimum absolute atomic E-state index is 0.0321. The number of pyridine rings is 2. The van der Waals surface area contributed by atoms with E-state index >= 15 is 0 Å². The number of likely N-dealkylation sites (N-methyl/N-ethyl adjacent to an activating group) is 1. The maximum atomic E-state index is 15.0. The summed E-state index contributed by atoms with van der Waals surface area (Å²) in [6.45, 7) is 15.2. The van der Waals surface area contributed by atoms with Crippen LogP contribution in [0.1, 0.15) is 98.7 Å². The highest BCUT2D eigenvalue weighted by Gasteiger charge is 2.32. The highest BCUT2D eigenvalue weighted by atomic mass is 19.2. The van der Waals surface area contributed by atoms with Crippen molar-refractivity contribution in [2.24, 2.45) is 4.99 Å². The van der Waals surface area contributed by atoms with E-state index in [0.29, 0.717) is 47.7 Å². The number of ketones is 1. The van der Waals surface area contributed by atoms with Crippen LogP contribution in [0.5, 0.6) is 11.5 Å². The van der Waals surface area contributed by atoms with Crippen molar-refractivity contribution in [3.63, 3.8) is 0 Å². The molecule has 9 rings (SSSR count). The molecule has 3 atom stereocenters. The molecule has 0 spiro atoms. The van der Waals surface area contributed by atoms with Gasteiger partial charge in [-0.1, -0.05) is 0 Å². The van der Waals surface area contributed by atoms with E-state index in [2.05, 4.69) is 9.89 Å². The summed E-state index contributed by atoms with van der Waals surface area (Å²) < 4.78 is 109. The van der Waals surface area contributed by atoms with Crippen molar-refractivity contribution in [2.45, 2.75) is 73.5 Å². The first kappa shape index (κ1) is 61.6. The molecule has 0 amide bonds. The van der Waals surface area contributed by atoms with E-state index in [9.17, 15) is 69.7 Å². The Bertz CT molecular complexity index is 3740. The van der Waals surface area contributed by atoms with Crippen LogP contribution in [0.2, 0.25) is 0 Å².